The largest absolute Gasteiger partial charge is 0.381 e. The van der Waals surface area contributed by atoms with E-state index >= 15 is 0 Å². The molecule has 2 aromatic rings. The maximum Gasteiger partial charge on any atom is 0.0548 e. The van der Waals surface area contributed by atoms with Crippen LogP contribution in [0, 0.1) is 6.92 Å². The first-order chi connectivity index (χ1) is 8.56. The predicted octanol–water partition coefficient (Wildman–Crippen LogP) is 5.68. The Kier molecular flexibility index (Phi) is 4.55. The Bertz CT molecular complexity index is 570. The fourth-order valence-corrected chi connectivity index (χ4v) is 2.44. The van der Waals surface area contributed by atoms with E-state index in [-0.39, 0.29) is 0 Å². The highest BCUT2D eigenvalue weighted by Crippen LogP contribution is 2.24. The normalized spacial score (nSPS) is 10.4. The highest BCUT2D eigenvalue weighted by molar-refractivity contribution is 9.10. The van der Waals surface area contributed by atoms with E-state index in [0.29, 0.717) is 0 Å². The second-order valence-electron chi connectivity index (χ2n) is 4.06. The molecule has 0 heterocycles. The third kappa shape index (κ3) is 3.41. The third-order valence-electron chi connectivity index (χ3n) is 2.66. The first-order valence-corrected chi connectivity index (χ1v) is 7.05. The van der Waals surface area contributed by atoms with E-state index < -0.39 is 0 Å². The molecule has 0 unspecified atom stereocenters. The van der Waals surface area contributed by atoms with Gasteiger partial charge in [0.05, 0.1) is 5.02 Å². The van der Waals surface area contributed by atoms with Crippen molar-refractivity contribution in [2.24, 2.45) is 0 Å². The van der Waals surface area contributed by atoms with E-state index in [0.717, 1.165) is 32.3 Å². The minimum absolute atomic E-state index is 0.724. The van der Waals surface area contributed by atoms with Gasteiger partial charge in [-0.2, -0.15) is 0 Å². The average Bonchev–Trinajstić information content (AvgIpc) is 2.32. The van der Waals surface area contributed by atoms with Crippen molar-refractivity contribution >= 4 is 44.8 Å². The molecule has 94 valence electrons. The van der Waals surface area contributed by atoms with Crippen LogP contribution < -0.4 is 5.32 Å². The van der Waals surface area contributed by atoms with Crippen LogP contribution in [0.1, 0.15) is 11.1 Å². The standard InChI is InChI=1S/C14H12BrCl2N/c1-9-6-11(16)3-5-14(9)18-8-10-2-4-13(17)12(15)7-10/h2-7,18H,8H2,1H3. The molecule has 0 aliphatic heterocycles. The molecule has 0 radical (unpaired) electrons. The summed E-state index contributed by atoms with van der Waals surface area (Å²) in [6, 6.07) is 11.7. The van der Waals surface area contributed by atoms with Crippen molar-refractivity contribution in [3.8, 4) is 0 Å². The number of aryl methyl sites for hydroxylation is 1. The van der Waals surface area contributed by atoms with Crippen molar-refractivity contribution in [1.29, 1.82) is 0 Å². The summed E-state index contributed by atoms with van der Waals surface area (Å²) >= 11 is 15.3. The molecule has 18 heavy (non-hydrogen) atoms. The highest BCUT2D eigenvalue weighted by atomic mass is 79.9. The Balaban J connectivity index is 2.09. The van der Waals surface area contributed by atoms with Gasteiger partial charge in [-0.15, -0.1) is 0 Å². The number of nitrogens with one attached hydrogen (secondary N) is 1. The molecule has 0 aliphatic rings. The van der Waals surface area contributed by atoms with Gasteiger partial charge in [-0.05, 0) is 64.3 Å². The number of benzene rings is 2. The van der Waals surface area contributed by atoms with Crippen molar-refractivity contribution in [3.63, 3.8) is 0 Å². The van der Waals surface area contributed by atoms with Crippen molar-refractivity contribution in [3.05, 3.63) is 62.0 Å². The molecule has 1 N–H and O–H groups in total. The minimum atomic E-state index is 0.724. The van der Waals surface area contributed by atoms with Gasteiger partial charge in [0.25, 0.3) is 0 Å². The average molecular weight is 345 g/mol. The minimum Gasteiger partial charge on any atom is -0.381 e. The SMILES string of the molecule is Cc1cc(Cl)ccc1NCc1ccc(Cl)c(Br)c1. The Morgan fingerprint density at radius 1 is 1.11 bits per heavy atom. The van der Waals surface area contributed by atoms with Gasteiger partial charge in [-0.1, -0.05) is 29.3 Å². The van der Waals surface area contributed by atoms with Gasteiger partial charge in [-0.25, -0.2) is 0 Å². The lowest BCUT2D eigenvalue weighted by Crippen LogP contribution is -2.00. The van der Waals surface area contributed by atoms with Crippen LogP contribution in [0.3, 0.4) is 0 Å². The molecule has 0 amide bonds. The van der Waals surface area contributed by atoms with Gasteiger partial charge in [-0.3, -0.25) is 0 Å². The molecule has 0 bridgehead atoms. The molecule has 0 aliphatic carbocycles. The molecular formula is C14H12BrCl2N. The molecule has 0 spiro atoms. The van der Waals surface area contributed by atoms with Gasteiger partial charge < -0.3 is 5.32 Å². The lowest BCUT2D eigenvalue weighted by molar-refractivity contribution is 1.14. The number of rotatable bonds is 3. The maximum absolute atomic E-state index is 5.96. The first-order valence-electron chi connectivity index (χ1n) is 5.50. The summed E-state index contributed by atoms with van der Waals surface area (Å²) < 4.78 is 0.913. The Labute approximate surface area is 125 Å². The molecule has 2 rings (SSSR count). The van der Waals surface area contributed by atoms with Crippen molar-refractivity contribution in [2.45, 2.75) is 13.5 Å². The van der Waals surface area contributed by atoms with Crippen molar-refractivity contribution in [2.75, 3.05) is 5.32 Å². The number of anilines is 1. The summed E-state index contributed by atoms with van der Waals surface area (Å²) in [4.78, 5) is 0. The zero-order valence-corrected chi connectivity index (χ0v) is 12.9. The van der Waals surface area contributed by atoms with Crippen LogP contribution in [-0.2, 0) is 6.54 Å². The summed E-state index contributed by atoms with van der Waals surface area (Å²) in [5, 5.41) is 4.86. The number of halogens is 3. The summed E-state index contributed by atoms with van der Waals surface area (Å²) in [6.45, 7) is 2.78. The predicted molar refractivity (Wildman–Crippen MR) is 82.7 cm³/mol. The quantitative estimate of drug-likeness (QED) is 0.755. The van der Waals surface area contributed by atoms with Gasteiger partial charge in [0, 0.05) is 21.7 Å². The first kappa shape index (κ1) is 13.7. The van der Waals surface area contributed by atoms with E-state index in [1.165, 1.54) is 5.56 Å². The van der Waals surface area contributed by atoms with E-state index in [1.807, 2.05) is 43.3 Å². The zero-order valence-electron chi connectivity index (χ0n) is 9.81. The summed E-state index contributed by atoms with van der Waals surface area (Å²) in [6.07, 6.45) is 0. The highest BCUT2D eigenvalue weighted by Gasteiger charge is 2.01. The van der Waals surface area contributed by atoms with Gasteiger partial charge in [0.2, 0.25) is 0 Å². The monoisotopic (exact) mass is 343 g/mol. The van der Waals surface area contributed by atoms with Crippen LogP contribution in [0.15, 0.2) is 40.9 Å². The zero-order chi connectivity index (χ0) is 13.1. The van der Waals surface area contributed by atoms with Gasteiger partial charge >= 0.3 is 0 Å². The molecule has 0 atom stereocenters. The van der Waals surface area contributed by atoms with Crippen LogP contribution in [0.5, 0.6) is 0 Å². The fraction of sp³-hybridized carbons (Fsp3) is 0.143. The molecule has 4 heteroatoms. The molecule has 0 saturated carbocycles. The van der Waals surface area contributed by atoms with E-state index in [4.69, 9.17) is 23.2 Å². The smallest absolute Gasteiger partial charge is 0.0548 e. The molecule has 1 nitrogen and oxygen atoms in total. The molecular weight excluding hydrogens is 333 g/mol. The molecule has 0 aromatic heterocycles. The molecule has 0 fully saturated rings. The Morgan fingerprint density at radius 2 is 1.89 bits per heavy atom. The van der Waals surface area contributed by atoms with Crippen LogP contribution >= 0.6 is 39.1 Å². The van der Waals surface area contributed by atoms with Gasteiger partial charge in [0.1, 0.15) is 0 Å². The van der Waals surface area contributed by atoms with E-state index in [9.17, 15) is 0 Å². The number of hydrogen-bond acceptors (Lipinski definition) is 1. The molecule has 2 aromatic carbocycles. The topological polar surface area (TPSA) is 12.0 Å². The van der Waals surface area contributed by atoms with Crippen molar-refractivity contribution in [1.82, 2.24) is 0 Å². The fourth-order valence-electron chi connectivity index (χ4n) is 1.67. The summed E-state index contributed by atoms with van der Waals surface area (Å²) in [7, 11) is 0. The lowest BCUT2D eigenvalue weighted by atomic mass is 10.2. The van der Waals surface area contributed by atoms with Crippen molar-refractivity contribution < 1.29 is 0 Å². The Hall–Kier alpha value is -0.700. The van der Waals surface area contributed by atoms with E-state index in [1.54, 1.807) is 0 Å². The summed E-state index contributed by atoms with van der Waals surface area (Å²) in [5.74, 6) is 0. The maximum atomic E-state index is 5.96. The van der Waals surface area contributed by atoms with Crippen LogP contribution in [-0.4, -0.2) is 0 Å². The number of hydrogen-bond donors (Lipinski definition) is 1. The van der Waals surface area contributed by atoms with Crippen LogP contribution in [0.25, 0.3) is 0 Å². The van der Waals surface area contributed by atoms with Gasteiger partial charge in [0.15, 0.2) is 0 Å². The summed E-state index contributed by atoms with van der Waals surface area (Å²) in [5.41, 5.74) is 3.39. The lowest BCUT2D eigenvalue weighted by Gasteiger charge is -2.10. The van der Waals surface area contributed by atoms with E-state index in [2.05, 4.69) is 21.2 Å². The third-order valence-corrected chi connectivity index (χ3v) is 4.10. The van der Waals surface area contributed by atoms with Crippen LogP contribution in [0.2, 0.25) is 10.0 Å². The Morgan fingerprint density at radius 3 is 2.56 bits per heavy atom. The van der Waals surface area contributed by atoms with Crippen LogP contribution in [0.4, 0.5) is 5.69 Å². The molecule has 0 saturated heterocycles. The second-order valence-corrected chi connectivity index (χ2v) is 5.76. The second kappa shape index (κ2) is 5.96.